The van der Waals surface area contributed by atoms with Gasteiger partial charge in [-0.15, -0.1) is 0 Å². The number of ether oxygens (including phenoxy) is 1. The summed E-state index contributed by atoms with van der Waals surface area (Å²) in [5, 5.41) is 2.89. The van der Waals surface area contributed by atoms with Gasteiger partial charge < -0.3 is 15.8 Å². The minimum Gasteiger partial charge on any atom is -0.490 e. The van der Waals surface area contributed by atoms with Crippen molar-refractivity contribution in [2.45, 2.75) is 19.4 Å². The molecule has 0 saturated heterocycles. The Balaban J connectivity index is 2.18. The standard InChI is InChI=1S/C13H17FN2O2/c1-8(7-15)13(17)16-11-5-6-18-12-9(11)3-2-4-10(12)14/h2-4,8,11H,5-7,15H2,1H3,(H,16,17)/t8?,11-/m1/s1. The first-order valence-electron chi connectivity index (χ1n) is 6.05. The van der Waals surface area contributed by atoms with Gasteiger partial charge in [-0.1, -0.05) is 19.1 Å². The summed E-state index contributed by atoms with van der Waals surface area (Å²) in [5.74, 6) is -0.503. The number of hydrogen-bond donors (Lipinski definition) is 2. The van der Waals surface area contributed by atoms with Crippen molar-refractivity contribution < 1.29 is 13.9 Å². The highest BCUT2D eigenvalue weighted by Gasteiger charge is 2.26. The lowest BCUT2D eigenvalue weighted by atomic mass is 9.99. The highest BCUT2D eigenvalue weighted by atomic mass is 19.1. The summed E-state index contributed by atoms with van der Waals surface area (Å²) in [5.41, 5.74) is 6.14. The zero-order valence-corrected chi connectivity index (χ0v) is 10.3. The number of hydrogen-bond acceptors (Lipinski definition) is 3. The maximum Gasteiger partial charge on any atom is 0.224 e. The van der Waals surface area contributed by atoms with Crippen molar-refractivity contribution >= 4 is 5.91 Å². The van der Waals surface area contributed by atoms with Crippen LogP contribution in [-0.4, -0.2) is 19.1 Å². The quantitative estimate of drug-likeness (QED) is 0.853. The van der Waals surface area contributed by atoms with Crippen molar-refractivity contribution in [1.29, 1.82) is 0 Å². The van der Waals surface area contributed by atoms with Crippen LogP contribution in [0.15, 0.2) is 18.2 Å². The molecule has 0 aromatic heterocycles. The Kier molecular flexibility index (Phi) is 3.81. The van der Waals surface area contributed by atoms with E-state index in [1.54, 1.807) is 19.1 Å². The van der Waals surface area contributed by atoms with Crippen molar-refractivity contribution in [2.24, 2.45) is 11.7 Å². The topological polar surface area (TPSA) is 64.4 Å². The fourth-order valence-corrected chi connectivity index (χ4v) is 1.96. The summed E-state index contributed by atoms with van der Waals surface area (Å²) >= 11 is 0. The molecule has 2 rings (SSSR count). The Labute approximate surface area is 105 Å². The largest absolute Gasteiger partial charge is 0.490 e. The molecule has 5 heteroatoms. The molecule has 2 atom stereocenters. The van der Waals surface area contributed by atoms with Gasteiger partial charge in [0, 0.05) is 24.4 Å². The normalized spacial score (nSPS) is 19.6. The molecule has 4 nitrogen and oxygen atoms in total. The molecular formula is C13H17FN2O2. The number of rotatable bonds is 3. The highest BCUT2D eigenvalue weighted by Crippen LogP contribution is 2.34. The number of fused-ring (bicyclic) bond motifs is 1. The van der Waals surface area contributed by atoms with Gasteiger partial charge >= 0.3 is 0 Å². The fraction of sp³-hybridized carbons (Fsp3) is 0.462. The van der Waals surface area contributed by atoms with E-state index in [1.165, 1.54) is 6.07 Å². The maximum absolute atomic E-state index is 13.5. The van der Waals surface area contributed by atoms with Gasteiger partial charge in [0.05, 0.1) is 12.6 Å². The van der Waals surface area contributed by atoms with E-state index in [-0.39, 0.29) is 23.6 Å². The zero-order valence-electron chi connectivity index (χ0n) is 10.3. The van der Waals surface area contributed by atoms with Crippen molar-refractivity contribution in [3.8, 4) is 5.75 Å². The van der Waals surface area contributed by atoms with E-state index in [9.17, 15) is 9.18 Å². The SMILES string of the molecule is CC(CN)C(=O)N[C@@H]1CCOc2c(F)cccc21. The first-order valence-corrected chi connectivity index (χ1v) is 6.05. The average Bonchev–Trinajstić information content (AvgIpc) is 2.39. The molecule has 1 aromatic carbocycles. The van der Waals surface area contributed by atoms with Crippen molar-refractivity contribution in [2.75, 3.05) is 13.2 Å². The lowest BCUT2D eigenvalue weighted by molar-refractivity contribution is -0.125. The number of para-hydroxylation sites is 1. The van der Waals surface area contributed by atoms with E-state index < -0.39 is 5.82 Å². The lowest BCUT2D eigenvalue weighted by Gasteiger charge is -2.27. The Morgan fingerprint density at radius 1 is 1.67 bits per heavy atom. The molecule has 0 radical (unpaired) electrons. The molecule has 0 spiro atoms. The van der Waals surface area contributed by atoms with Crippen LogP contribution in [0.1, 0.15) is 24.9 Å². The van der Waals surface area contributed by atoms with Gasteiger partial charge in [0.1, 0.15) is 0 Å². The number of carbonyl (C=O) groups is 1. The summed E-state index contributed by atoms with van der Waals surface area (Å²) in [6.45, 7) is 2.46. The predicted octanol–water partition coefficient (Wildman–Crippen LogP) is 1.36. The molecule has 1 amide bonds. The van der Waals surface area contributed by atoms with Gasteiger partial charge in [0.15, 0.2) is 11.6 Å². The second kappa shape index (κ2) is 5.35. The van der Waals surface area contributed by atoms with Crippen LogP contribution >= 0.6 is 0 Å². The third-order valence-corrected chi connectivity index (χ3v) is 3.14. The van der Waals surface area contributed by atoms with Crippen LogP contribution in [0.25, 0.3) is 0 Å². The summed E-state index contributed by atoms with van der Waals surface area (Å²) in [7, 11) is 0. The first-order chi connectivity index (χ1) is 8.63. The van der Waals surface area contributed by atoms with Gasteiger partial charge in [-0.05, 0) is 6.07 Å². The predicted molar refractivity (Wildman–Crippen MR) is 65.6 cm³/mol. The molecule has 1 unspecified atom stereocenters. The molecule has 0 aliphatic carbocycles. The average molecular weight is 252 g/mol. The van der Waals surface area contributed by atoms with Gasteiger partial charge in [0.2, 0.25) is 5.91 Å². The van der Waals surface area contributed by atoms with Crippen LogP contribution in [0.3, 0.4) is 0 Å². The third-order valence-electron chi connectivity index (χ3n) is 3.14. The highest BCUT2D eigenvalue weighted by molar-refractivity contribution is 5.79. The number of benzene rings is 1. The number of carbonyl (C=O) groups excluding carboxylic acids is 1. The Morgan fingerprint density at radius 3 is 3.17 bits per heavy atom. The Morgan fingerprint density at radius 2 is 2.44 bits per heavy atom. The molecule has 0 bridgehead atoms. The molecule has 3 N–H and O–H groups in total. The van der Waals surface area contributed by atoms with Crippen LogP contribution in [0.2, 0.25) is 0 Å². The molecule has 1 aliphatic rings. The Bertz CT molecular complexity index is 451. The van der Waals surface area contributed by atoms with Crippen molar-refractivity contribution in [3.63, 3.8) is 0 Å². The van der Waals surface area contributed by atoms with Crippen molar-refractivity contribution in [3.05, 3.63) is 29.6 Å². The summed E-state index contributed by atoms with van der Waals surface area (Å²) in [4.78, 5) is 11.8. The molecular weight excluding hydrogens is 235 g/mol. The number of halogens is 1. The molecule has 18 heavy (non-hydrogen) atoms. The van der Waals surface area contributed by atoms with Gasteiger partial charge in [-0.3, -0.25) is 4.79 Å². The maximum atomic E-state index is 13.5. The van der Waals surface area contributed by atoms with E-state index in [0.717, 1.165) is 0 Å². The minimum absolute atomic E-state index is 0.111. The van der Waals surface area contributed by atoms with Gasteiger partial charge in [-0.2, -0.15) is 0 Å². The van der Waals surface area contributed by atoms with E-state index in [1.807, 2.05) is 0 Å². The van der Waals surface area contributed by atoms with Gasteiger partial charge in [-0.25, -0.2) is 4.39 Å². The van der Waals surface area contributed by atoms with Crippen LogP contribution in [0.5, 0.6) is 5.75 Å². The zero-order chi connectivity index (χ0) is 13.1. The molecule has 1 aliphatic heterocycles. The Hall–Kier alpha value is -1.62. The second-order valence-corrected chi connectivity index (χ2v) is 4.49. The van der Waals surface area contributed by atoms with E-state index in [2.05, 4.69) is 5.32 Å². The third kappa shape index (κ3) is 2.46. The number of amides is 1. The fourth-order valence-electron chi connectivity index (χ4n) is 1.96. The summed E-state index contributed by atoms with van der Waals surface area (Å²) < 4.78 is 18.9. The van der Waals surface area contributed by atoms with Gasteiger partial charge in [0.25, 0.3) is 0 Å². The number of nitrogens with one attached hydrogen (secondary N) is 1. The van der Waals surface area contributed by atoms with E-state index >= 15 is 0 Å². The molecule has 1 heterocycles. The molecule has 1 aromatic rings. The molecule has 0 saturated carbocycles. The summed E-state index contributed by atoms with van der Waals surface area (Å²) in [6.07, 6.45) is 0.638. The molecule has 98 valence electrons. The molecule has 0 fully saturated rings. The van der Waals surface area contributed by atoms with Crippen LogP contribution in [-0.2, 0) is 4.79 Å². The first kappa shape index (κ1) is 12.8. The minimum atomic E-state index is -0.390. The van der Waals surface area contributed by atoms with Crippen LogP contribution in [0.4, 0.5) is 4.39 Å². The van der Waals surface area contributed by atoms with E-state index in [0.29, 0.717) is 25.1 Å². The van der Waals surface area contributed by atoms with Crippen LogP contribution in [0, 0.1) is 11.7 Å². The van der Waals surface area contributed by atoms with E-state index in [4.69, 9.17) is 10.5 Å². The monoisotopic (exact) mass is 252 g/mol. The number of nitrogens with two attached hydrogens (primary N) is 1. The smallest absolute Gasteiger partial charge is 0.224 e. The van der Waals surface area contributed by atoms with Crippen LogP contribution < -0.4 is 15.8 Å². The second-order valence-electron chi connectivity index (χ2n) is 4.49. The van der Waals surface area contributed by atoms with Crippen molar-refractivity contribution in [1.82, 2.24) is 5.32 Å². The summed E-state index contributed by atoms with van der Waals surface area (Å²) in [6, 6.07) is 4.54. The lowest BCUT2D eigenvalue weighted by Crippen LogP contribution is -2.37.